The number of hydrogen-bond donors (Lipinski definition) is 4. The van der Waals surface area contributed by atoms with E-state index < -0.39 is 19.0 Å². The zero-order valence-electron chi connectivity index (χ0n) is 5.47. The van der Waals surface area contributed by atoms with Crippen molar-refractivity contribution in [3.8, 4) is 0 Å². The van der Waals surface area contributed by atoms with E-state index >= 15 is 0 Å². The summed E-state index contributed by atoms with van der Waals surface area (Å²) in [6.07, 6.45) is -2.72. The third-order valence-corrected chi connectivity index (χ3v) is 0.896. The summed E-state index contributed by atoms with van der Waals surface area (Å²) in [5.41, 5.74) is 0. The lowest BCUT2D eigenvalue weighted by Crippen LogP contribution is -2.32. The van der Waals surface area contributed by atoms with Gasteiger partial charge in [-0.3, -0.25) is 0 Å². The third-order valence-electron chi connectivity index (χ3n) is 0.896. The number of rotatable bonds is 5. The highest BCUT2D eigenvalue weighted by Gasteiger charge is 2.14. The first-order valence-electron chi connectivity index (χ1n) is 2.91. The molecular formula is C5H12O5. The van der Waals surface area contributed by atoms with Crippen molar-refractivity contribution in [2.45, 2.75) is 12.4 Å². The van der Waals surface area contributed by atoms with Crippen LogP contribution in [0.25, 0.3) is 0 Å². The van der Waals surface area contributed by atoms with Gasteiger partial charge in [-0.25, -0.2) is 0 Å². The Hall–Kier alpha value is -0.200. The van der Waals surface area contributed by atoms with Crippen LogP contribution < -0.4 is 0 Å². The molecule has 0 radical (unpaired) electrons. The summed E-state index contributed by atoms with van der Waals surface area (Å²) >= 11 is 0. The van der Waals surface area contributed by atoms with Crippen LogP contribution in [-0.2, 0) is 4.74 Å². The monoisotopic (exact) mass is 152 g/mol. The molecule has 4 N–H and O–H groups in total. The molecule has 0 aromatic carbocycles. The van der Waals surface area contributed by atoms with Gasteiger partial charge in [0.25, 0.3) is 0 Å². The number of aliphatic hydroxyl groups excluding tert-OH is 4. The van der Waals surface area contributed by atoms with Crippen LogP contribution in [0.5, 0.6) is 0 Å². The molecule has 0 aromatic rings. The van der Waals surface area contributed by atoms with Gasteiger partial charge in [0.2, 0.25) is 0 Å². The lowest BCUT2D eigenvalue weighted by atomic mass is 10.4. The van der Waals surface area contributed by atoms with Crippen molar-refractivity contribution in [3.05, 3.63) is 0 Å². The Morgan fingerprint density at radius 1 is 1.20 bits per heavy atom. The SMILES string of the molecule is OCCO[C@@H](O)[C@H](O)CO. The maximum atomic E-state index is 8.71. The summed E-state index contributed by atoms with van der Waals surface area (Å²) in [7, 11) is 0. The molecule has 0 unspecified atom stereocenters. The molecule has 0 saturated carbocycles. The van der Waals surface area contributed by atoms with E-state index in [1.807, 2.05) is 0 Å². The number of hydrogen-bond acceptors (Lipinski definition) is 5. The quantitative estimate of drug-likeness (QED) is 0.332. The first-order valence-corrected chi connectivity index (χ1v) is 2.91. The van der Waals surface area contributed by atoms with Crippen LogP contribution in [0.1, 0.15) is 0 Å². The van der Waals surface area contributed by atoms with E-state index in [-0.39, 0.29) is 13.2 Å². The van der Waals surface area contributed by atoms with Crippen LogP contribution in [0.3, 0.4) is 0 Å². The highest BCUT2D eigenvalue weighted by atomic mass is 16.6. The molecule has 10 heavy (non-hydrogen) atoms. The molecule has 0 fully saturated rings. The van der Waals surface area contributed by atoms with Gasteiger partial charge in [-0.1, -0.05) is 0 Å². The predicted octanol–water partition coefficient (Wildman–Crippen LogP) is -2.33. The molecule has 0 saturated heterocycles. The Morgan fingerprint density at radius 2 is 1.80 bits per heavy atom. The summed E-state index contributed by atoms with van der Waals surface area (Å²) in [5, 5.41) is 33.8. The van der Waals surface area contributed by atoms with Crippen LogP contribution in [0.4, 0.5) is 0 Å². The Labute approximate surface area is 58.5 Å². The minimum Gasteiger partial charge on any atom is -0.394 e. The van der Waals surface area contributed by atoms with E-state index in [9.17, 15) is 0 Å². The Bertz CT molecular complexity index is 76.4. The lowest BCUT2D eigenvalue weighted by Gasteiger charge is -2.14. The second kappa shape index (κ2) is 5.57. The van der Waals surface area contributed by atoms with E-state index in [4.69, 9.17) is 20.4 Å². The fourth-order valence-corrected chi connectivity index (χ4v) is 0.375. The fraction of sp³-hybridized carbons (Fsp3) is 1.00. The Kier molecular flexibility index (Phi) is 5.46. The van der Waals surface area contributed by atoms with E-state index in [0.29, 0.717) is 0 Å². The predicted molar refractivity (Wildman–Crippen MR) is 32.1 cm³/mol. The minimum absolute atomic E-state index is 0.0573. The first-order chi connectivity index (χ1) is 4.72. The average molecular weight is 152 g/mol. The highest BCUT2D eigenvalue weighted by molar-refractivity contribution is 4.54. The summed E-state index contributed by atoms with van der Waals surface area (Å²) in [4.78, 5) is 0. The molecule has 0 rings (SSSR count). The van der Waals surface area contributed by atoms with Crippen molar-refractivity contribution in [2.75, 3.05) is 19.8 Å². The molecule has 0 amide bonds. The van der Waals surface area contributed by atoms with Gasteiger partial charge in [0.05, 0.1) is 19.8 Å². The van der Waals surface area contributed by atoms with Gasteiger partial charge >= 0.3 is 0 Å². The van der Waals surface area contributed by atoms with Crippen molar-refractivity contribution < 1.29 is 25.2 Å². The molecule has 62 valence electrons. The summed E-state index contributed by atoms with van der Waals surface area (Å²) in [6.45, 7) is -0.847. The van der Waals surface area contributed by atoms with E-state index in [1.165, 1.54) is 0 Å². The molecule has 0 spiro atoms. The average Bonchev–Trinajstić information content (AvgIpc) is 1.98. The second-order valence-electron chi connectivity index (χ2n) is 1.73. The Balaban J connectivity index is 3.31. The summed E-state index contributed by atoms with van der Waals surface area (Å²) in [5.74, 6) is 0. The first kappa shape index (κ1) is 9.80. The van der Waals surface area contributed by atoms with Gasteiger partial charge in [0.1, 0.15) is 6.10 Å². The number of ether oxygens (including phenoxy) is 1. The van der Waals surface area contributed by atoms with E-state index in [2.05, 4.69) is 4.74 Å². The van der Waals surface area contributed by atoms with Gasteiger partial charge in [0.15, 0.2) is 6.29 Å². The zero-order valence-corrected chi connectivity index (χ0v) is 5.47. The largest absolute Gasteiger partial charge is 0.394 e. The highest BCUT2D eigenvalue weighted by Crippen LogP contribution is 1.93. The topological polar surface area (TPSA) is 90.2 Å². The zero-order chi connectivity index (χ0) is 7.98. The molecule has 0 aromatic heterocycles. The van der Waals surface area contributed by atoms with Crippen molar-refractivity contribution >= 4 is 0 Å². The lowest BCUT2D eigenvalue weighted by molar-refractivity contribution is -0.174. The molecule has 5 heteroatoms. The smallest absolute Gasteiger partial charge is 0.183 e. The van der Waals surface area contributed by atoms with Crippen LogP contribution in [-0.4, -0.2) is 52.6 Å². The van der Waals surface area contributed by atoms with Crippen LogP contribution in [0.2, 0.25) is 0 Å². The second-order valence-corrected chi connectivity index (χ2v) is 1.73. The molecule has 0 aliphatic carbocycles. The van der Waals surface area contributed by atoms with Gasteiger partial charge in [-0.05, 0) is 0 Å². The minimum atomic E-state index is -1.42. The normalized spacial score (nSPS) is 16.8. The van der Waals surface area contributed by atoms with Crippen molar-refractivity contribution in [1.29, 1.82) is 0 Å². The van der Waals surface area contributed by atoms with E-state index in [1.54, 1.807) is 0 Å². The molecule has 2 atom stereocenters. The fourth-order valence-electron chi connectivity index (χ4n) is 0.375. The molecule has 0 aliphatic rings. The summed E-state index contributed by atoms with van der Waals surface area (Å²) < 4.78 is 4.44. The summed E-state index contributed by atoms with van der Waals surface area (Å²) in [6, 6.07) is 0. The van der Waals surface area contributed by atoms with Crippen molar-refractivity contribution in [1.82, 2.24) is 0 Å². The maximum Gasteiger partial charge on any atom is 0.183 e. The van der Waals surface area contributed by atoms with Crippen LogP contribution in [0, 0.1) is 0 Å². The number of aliphatic hydroxyl groups is 4. The molecule has 5 nitrogen and oxygen atoms in total. The maximum absolute atomic E-state index is 8.71. The molecule has 0 aliphatic heterocycles. The molecule has 0 heterocycles. The van der Waals surface area contributed by atoms with Crippen molar-refractivity contribution in [2.24, 2.45) is 0 Å². The van der Waals surface area contributed by atoms with Gasteiger partial charge in [0, 0.05) is 0 Å². The van der Waals surface area contributed by atoms with Crippen LogP contribution >= 0.6 is 0 Å². The van der Waals surface area contributed by atoms with Crippen molar-refractivity contribution in [3.63, 3.8) is 0 Å². The van der Waals surface area contributed by atoms with Crippen LogP contribution in [0.15, 0.2) is 0 Å². The molecule has 0 bridgehead atoms. The molecular weight excluding hydrogens is 140 g/mol. The van der Waals surface area contributed by atoms with E-state index in [0.717, 1.165) is 0 Å². The van der Waals surface area contributed by atoms with Gasteiger partial charge in [-0.2, -0.15) is 0 Å². The Morgan fingerprint density at radius 3 is 2.20 bits per heavy atom. The standard InChI is InChI=1S/C5H12O5/c6-1-2-10-5(9)4(8)3-7/h4-9H,1-3H2/t4-,5-/m1/s1. The van der Waals surface area contributed by atoms with Gasteiger partial charge in [-0.15, -0.1) is 0 Å². The third kappa shape index (κ3) is 3.76. The van der Waals surface area contributed by atoms with Gasteiger partial charge < -0.3 is 25.2 Å².